The summed E-state index contributed by atoms with van der Waals surface area (Å²) in [6.07, 6.45) is 4.21. The number of pyridine rings is 1. The van der Waals surface area contributed by atoms with E-state index in [0.717, 1.165) is 60.7 Å². The van der Waals surface area contributed by atoms with Crippen LogP contribution in [0.25, 0.3) is 21.8 Å². The van der Waals surface area contributed by atoms with E-state index in [-0.39, 0.29) is 11.5 Å². The molecule has 8 nitrogen and oxygen atoms in total. The van der Waals surface area contributed by atoms with Gasteiger partial charge >= 0.3 is 0 Å². The summed E-state index contributed by atoms with van der Waals surface area (Å²) in [5.41, 5.74) is 2.87. The number of fused-ring (bicyclic) bond motifs is 3. The Morgan fingerprint density at radius 2 is 1.97 bits per heavy atom. The molecule has 0 bridgehead atoms. The predicted octanol–water partition coefficient (Wildman–Crippen LogP) is 1.91. The van der Waals surface area contributed by atoms with Gasteiger partial charge in [-0.1, -0.05) is 0 Å². The second-order valence-corrected chi connectivity index (χ2v) is 8.85. The van der Waals surface area contributed by atoms with Gasteiger partial charge in [0.2, 0.25) is 0 Å². The fraction of sp³-hybridized carbons (Fsp3) is 0.522. The molecule has 31 heavy (non-hydrogen) atoms. The second-order valence-electron chi connectivity index (χ2n) is 8.85. The van der Waals surface area contributed by atoms with Gasteiger partial charge in [0.15, 0.2) is 0 Å². The maximum absolute atomic E-state index is 13.3. The van der Waals surface area contributed by atoms with Gasteiger partial charge in [0.1, 0.15) is 0 Å². The fourth-order valence-electron chi connectivity index (χ4n) is 4.42. The number of aromatic nitrogens is 3. The van der Waals surface area contributed by atoms with Crippen LogP contribution in [0.2, 0.25) is 0 Å². The predicted molar refractivity (Wildman–Crippen MR) is 119 cm³/mol. The van der Waals surface area contributed by atoms with Crippen molar-refractivity contribution in [2.45, 2.75) is 19.8 Å². The summed E-state index contributed by atoms with van der Waals surface area (Å²) in [6, 6.07) is 3.80. The van der Waals surface area contributed by atoms with Crippen molar-refractivity contribution in [1.29, 1.82) is 0 Å². The van der Waals surface area contributed by atoms with Crippen molar-refractivity contribution >= 4 is 27.7 Å². The van der Waals surface area contributed by atoms with E-state index in [2.05, 4.69) is 15.0 Å². The van der Waals surface area contributed by atoms with E-state index in [9.17, 15) is 9.59 Å². The smallest absolute Gasteiger partial charge is 0.259 e. The molecular formula is C23H29N5O3. The average molecular weight is 424 g/mol. The lowest BCUT2D eigenvalue weighted by molar-refractivity contribution is 0.0538. The number of hydrogen-bond acceptors (Lipinski definition) is 5. The minimum absolute atomic E-state index is 0.0468. The standard InChI is InChI=1S/C23H29N5O3/c1-15-11-20-18(21-19(22(29)25-20)13-24-26(21)2)12-17(15)23(30)28-7-5-27(6-8-28)9-10-31-14-16-3-4-16/h11-13,16H,3-10,14H2,1-2H3,(H,25,29). The van der Waals surface area contributed by atoms with Crippen molar-refractivity contribution < 1.29 is 9.53 Å². The highest BCUT2D eigenvalue weighted by Gasteiger charge is 2.25. The van der Waals surface area contributed by atoms with Crippen LogP contribution in [0.4, 0.5) is 0 Å². The average Bonchev–Trinajstić information content (AvgIpc) is 3.51. The first-order valence-electron chi connectivity index (χ1n) is 11.1. The van der Waals surface area contributed by atoms with Crippen LogP contribution in [-0.4, -0.2) is 76.4 Å². The number of piperazine rings is 1. The SMILES string of the molecule is Cc1cc2[nH]c(=O)c3cnn(C)c3c2cc1C(=O)N1CCN(CCOCC2CC2)CC1. The Labute approximate surface area is 180 Å². The first-order valence-corrected chi connectivity index (χ1v) is 11.1. The number of rotatable bonds is 6. The fourth-order valence-corrected chi connectivity index (χ4v) is 4.42. The van der Waals surface area contributed by atoms with E-state index in [1.165, 1.54) is 12.8 Å². The Balaban J connectivity index is 1.31. The number of benzene rings is 1. The van der Waals surface area contributed by atoms with Crippen LogP contribution >= 0.6 is 0 Å². The molecule has 0 spiro atoms. The number of amides is 1. The third kappa shape index (κ3) is 3.97. The van der Waals surface area contributed by atoms with Crippen LogP contribution in [0, 0.1) is 12.8 Å². The van der Waals surface area contributed by atoms with Crippen LogP contribution in [-0.2, 0) is 11.8 Å². The Morgan fingerprint density at radius 3 is 2.71 bits per heavy atom. The molecule has 2 aromatic heterocycles. The van der Waals surface area contributed by atoms with Crippen molar-refractivity contribution in [3.8, 4) is 0 Å². The zero-order chi connectivity index (χ0) is 21.5. The Hall–Kier alpha value is -2.71. The van der Waals surface area contributed by atoms with E-state index < -0.39 is 0 Å². The number of nitrogens with zero attached hydrogens (tertiary/aromatic N) is 4. The molecule has 0 radical (unpaired) electrons. The van der Waals surface area contributed by atoms with E-state index in [1.807, 2.05) is 31.0 Å². The van der Waals surface area contributed by atoms with Crippen LogP contribution in [0.3, 0.4) is 0 Å². The van der Waals surface area contributed by atoms with Crippen LogP contribution < -0.4 is 5.56 Å². The lowest BCUT2D eigenvalue weighted by Gasteiger charge is -2.35. The summed E-state index contributed by atoms with van der Waals surface area (Å²) in [6.45, 7) is 7.68. The first-order chi connectivity index (χ1) is 15.0. The van der Waals surface area contributed by atoms with Crippen molar-refractivity contribution in [2.75, 3.05) is 45.9 Å². The van der Waals surface area contributed by atoms with Crippen LogP contribution in [0.5, 0.6) is 0 Å². The maximum atomic E-state index is 13.3. The number of ether oxygens (including phenoxy) is 1. The molecule has 0 atom stereocenters. The quantitative estimate of drug-likeness (QED) is 0.613. The second kappa shape index (κ2) is 8.09. The Bertz CT molecular complexity index is 1190. The van der Waals surface area contributed by atoms with Gasteiger partial charge in [0, 0.05) is 57.3 Å². The molecule has 1 saturated heterocycles. The van der Waals surface area contributed by atoms with Crippen molar-refractivity contribution in [3.05, 3.63) is 39.8 Å². The topological polar surface area (TPSA) is 83.5 Å². The van der Waals surface area contributed by atoms with Crippen molar-refractivity contribution in [1.82, 2.24) is 24.6 Å². The van der Waals surface area contributed by atoms with E-state index >= 15 is 0 Å². The van der Waals surface area contributed by atoms with E-state index in [1.54, 1.807) is 10.9 Å². The highest BCUT2D eigenvalue weighted by Crippen LogP contribution is 2.28. The third-order valence-corrected chi connectivity index (χ3v) is 6.54. The van der Waals surface area contributed by atoms with E-state index in [4.69, 9.17) is 4.74 Å². The summed E-state index contributed by atoms with van der Waals surface area (Å²) in [5.74, 6) is 0.843. The minimum Gasteiger partial charge on any atom is -0.380 e. The summed E-state index contributed by atoms with van der Waals surface area (Å²) in [4.78, 5) is 32.9. The first kappa shape index (κ1) is 20.2. The molecule has 1 aliphatic carbocycles. The summed E-state index contributed by atoms with van der Waals surface area (Å²) in [5, 5.41) is 5.61. The summed E-state index contributed by atoms with van der Waals surface area (Å²) >= 11 is 0. The van der Waals surface area contributed by atoms with Crippen LogP contribution in [0.1, 0.15) is 28.8 Å². The van der Waals surface area contributed by atoms with Gasteiger partial charge in [0.05, 0.1) is 29.2 Å². The van der Waals surface area contributed by atoms with Gasteiger partial charge in [-0.2, -0.15) is 5.10 Å². The van der Waals surface area contributed by atoms with Gasteiger partial charge < -0.3 is 14.6 Å². The van der Waals surface area contributed by atoms with Gasteiger partial charge in [-0.3, -0.25) is 19.2 Å². The van der Waals surface area contributed by atoms with E-state index in [0.29, 0.717) is 24.0 Å². The molecule has 0 unspecified atom stereocenters. The number of H-pyrrole nitrogens is 1. The molecule has 1 saturated carbocycles. The zero-order valence-electron chi connectivity index (χ0n) is 18.2. The Kier molecular flexibility index (Phi) is 5.27. The molecule has 3 heterocycles. The molecule has 164 valence electrons. The third-order valence-electron chi connectivity index (χ3n) is 6.54. The van der Waals surface area contributed by atoms with Crippen LogP contribution in [0.15, 0.2) is 23.1 Å². The molecule has 1 amide bonds. The number of nitrogens with one attached hydrogen (secondary N) is 1. The normalized spacial score (nSPS) is 17.7. The number of aromatic amines is 1. The lowest BCUT2D eigenvalue weighted by atomic mass is 10.0. The zero-order valence-corrected chi connectivity index (χ0v) is 18.2. The molecule has 1 aliphatic heterocycles. The summed E-state index contributed by atoms with van der Waals surface area (Å²) < 4.78 is 7.45. The monoisotopic (exact) mass is 423 g/mol. The van der Waals surface area contributed by atoms with Gasteiger partial charge in [-0.05, 0) is 43.4 Å². The van der Waals surface area contributed by atoms with Crippen molar-refractivity contribution in [3.63, 3.8) is 0 Å². The molecule has 5 rings (SSSR count). The highest BCUT2D eigenvalue weighted by atomic mass is 16.5. The largest absolute Gasteiger partial charge is 0.380 e. The maximum Gasteiger partial charge on any atom is 0.259 e. The Morgan fingerprint density at radius 1 is 1.19 bits per heavy atom. The van der Waals surface area contributed by atoms with Gasteiger partial charge in [-0.25, -0.2) is 0 Å². The molecular weight excluding hydrogens is 394 g/mol. The number of hydrogen-bond donors (Lipinski definition) is 1. The number of carbonyl (C=O) groups excluding carboxylic acids is 1. The van der Waals surface area contributed by atoms with Gasteiger partial charge in [0.25, 0.3) is 11.5 Å². The molecule has 8 heteroatoms. The number of carbonyl (C=O) groups is 1. The molecule has 1 N–H and O–H groups in total. The number of aryl methyl sites for hydroxylation is 2. The van der Waals surface area contributed by atoms with Gasteiger partial charge in [-0.15, -0.1) is 0 Å². The lowest BCUT2D eigenvalue weighted by Crippen LogP contribution is -2.49. The molecule has 3 aromatic rings. The van der Waals surface area contributed by atoms with Crippen molar-refractivity contribution in [2.24, 2.45) is 13.0 Å². The molecule has 1 aromatic carbocycles. The molecule has 2 fully saturated rings. The minimum atomic E-state index is -0.161. The molecule has 2 aliphatic rings. The highest BCUT2D eigenvalue weighted by molar-refractivity contribution is 6.07. The summed E-state index contributed by atoms with van der Waals surface area (Å²) in [7, 11) is 1.82.